The molecule has 2 aromatic carbocycles. The molecule has 2 heterocycles. The normalized spacial score (nSPS) is 14.0. The quantitative estimate of drug-likeness (QED) is 0.669. The third-order valence-electron chi connectivity index (χ3n) is 4.86. The molecule has 1 N–H and O–H groups in total. The van der Waals surface area contributed by atoms with Gasteiger partial charge in [0, 0.05) is 37.8 Å². The van der Waals surface area contributed by atoms with Crippen LogP contribution in [0.25, 0.3) is 11.3 Å². The molecule has 6 nitrogen and oxygen atoms in total. The summed E-state index contributed by atoms with van der Waals surface area (Å²) in [7, 11) is 0. The van der Waals surface area contributed by atoms with Gasteiger partial charge in [0.05, 0.1) is 16.4 Å². The van der Waals surface area contributed by atoms with Gasteiger partial charge in [-0.1, -0.05) is 29.8 Å². The van der Waals surface area contributed by atoms with Gasteiger partial charge >= 0.3 is 6.03 Å². The molecule has 4 rings (SSSR count). The molecular weight excluding hydrogens is 412 g/mol. The summed E-state index contributed by atoms with van der Waals surface area (Å²) in [5, 5.41) is 11.6. The third-order valence-corrected chi connectivity index (χ3v) is 5.19. The molecule has 0 aliphatic carbocycles. The first-order chi connectivity index (χ1) is 14.5. The van der Waals surface area contributed by atoms with Crippen molar-refractivity contribution in [1.29, 1.82) is 0 Å². The second kappa shape index (κ2) is 8.62. The minimum absolute atomic E-state index is 0.177. The maximum absolute atomic E-state index is 13.7. The highest BCUT2D eigenvalue weighted by Gasteiger charge is 2.23. The van der Waals surface area contributed by atoms with Gasteiger partial charge in [-0.25, -0.2) is 13.6 Å². The number of nitrogens with one attached hydrogen (secondary N) is 1. The molecule has 30 heavy (non-hydrogen) atoms. The largest absolute Gasteiger partial charge is 0.352 e. The van der Waals surface area contributed by atoms with E-state index in [1.165, 1.54) is 0 Å². The highest BCUT2D eigenvalue weighted by molar-refractivity contribution is 6.33. The van der Waals surface area contributed by atoms with Crippen molar-refractivity contribution in [2.24, 2.45) is 0 Å². The zero-order valence-electron chi connectivity index (χ0n) is 15.9. The van der Waals surface area contributed by atoms with Crippen LogP contribution in [0.3, 0.4) is 0 Å². The van der Waals surface area contributed by atoms with Crippen LogP contribution < -0.4 is 10.2 Å². The molecule has 1 saturated heterocycles. The number of nitrogens with zero attached hydrogens (tertiary/aromatic N) is 4. The molecule has 0 bridgehead atoms. The van der Waals surface area contributed by atoms with Crippen molar-refractivity contribution in [2.45, 2.75) is 0 Å². The van der Waals surface area contributed by atoms with Crippen molar-refractivity contribution in [2.75, 3.05) is 36.4 Å². The summed E-state index contributed by atoms with van der Waals surface area (Å²) >= 11 is 6.20. The average molecular weight is 430 g/mol. The number of carbonyl (C=O) groups is 1. The van der Waals surface area contributed by atoms with Crippen LogP contribution in [-0.2, 0) is 0 Å². The van der Waals surface area contributed by atoms with Crippen molar-refractivity contribution >= 4 is 29.1 Å². The summed E-state index contributed by atoms with van der Waals surface area (Å²) < 4.78 is 27.0. The summed E-state index contributed by atoms with van der Waals surface area (Å²) in [6.07, 6.45) is 0. The first kappa shape index (κ1) is 20.0. The molecule has 9 heteroatoms. The molecule has 154 valence electrons. The predicted octanol–water partition coefficient (Wildman–Crippen LogP) is 4.43. The molecule has 0 atom stereocenters. The van der Waals surface area contributed by atoms with Gasteiger partial charge in [-0.2, -0.15) is 0 Å². The van der Waals surface area contributed by atoms with E-state index in [0.717, 1.165) is 23.8 Å². The third kappa shape index (κ3) is 4.33. The van der Waals surface area contributed by atoms with Gasteiger partial charge in [0.2, 0.25) is 0 Å². The Balaban J connectivity index is 1.37. The average Bonchev–Trinajstić information content (AvgIpc) is 2.77. The maximum atomic E-state index is 13.7. The summed E-state index contributed by atoms with van der Waals surface area (Å²) in [5.74, 6) is -0.602. The molecule has 1 fully saturated rings. The van der Waals surface area contributed by atoms with E-state index in [-0.39, 0.29) is 5.69 Å². The number of halogens is 3. The van der Waals surface area contributed by atoms with Gasteiger partial charge in [-0.3, -0.25) is 0 Å². The SMILES string of the molecule is O=C(Nc1cc(F)ccc1F)N1CCN(c2ccc(-c3ccccc3Cl)nn2)CC1. The Morgan fingerprint density at radius 2 is 1.73 bits per heavy atom. The predicted molar refractivity (Wildman–Crippen MR) is 112 cm³/mol. The molecule has 0 spiro atoms. The van der Waals surface area contributed by atoms with E-state index < -0.39 is 17.7 Å². The van der Waals surface area contributed by atoms with Gasteiger partial charge in [0.15, 0.2) is 5.82 Å². The van der Waals surface area contributed by atoms with Crippen LogP contribution in [0.1, 0.15) is 0 Å². The number of hydrogen-bond acceptors (Lipinski definition) is 4. The van der Waals surface area contributed by atoms with Crippen molar-refractivity contribution in [1.82, 2.24) is 15.1 Å². The minimum atomic E-state index is -0.683. The van der Waals surface area contributed by atoms with E-state index >= 15 is 0 Å². The molecule has 0 unspecified atom stereocenters. The van der Waals surface area contributed by atoms with Crippen molar-refractivity contribution in [3.05, 3.63) is 71.3 Å². The second-order valence-electron chi connectivity index (χ2n) is 6.79. The van der Waals surface area contributed by atoms with E-state index in [1.807, 2.05) is 35.2 Å². The molecule has 3 aromatic rings. The number of amides is 2. The lowest BCUT2D eigenvalue weighted by Gasteiger charge is -2.35. The lowest BCUT2D eigenvalue weighted by Crippen LogP contribution is -2.50. The Kier molecular flexibility index (Phi) is 5.76. The van der Waals surface area contributed by atoms with Gasteiger partial charge in [-0.15, -0.1) is 10.2 Å². The maximum Gasteiger partial charge on any atom is 0.322 e. The topological polar surface area (TPSA) is 61.4 Å². The van der Waals surface area contributed by atoms with Gasteiger partial charge in [0.25, 0.3) is 0 Å². The second-order valence-corrected chi connectivity index (χ2v) is 7.19. The highest BCUT2D eigenvalue weighted by atomic mass is 35.5. The monoisotopic (exact) mass is 429 g/mol. The fourth-order valence-corrected chi connectivity index (χ4v) is 3.47. The number of hydrogen-bond donors (Lipinski definition) is 1. The fraction of sp³-hybridized carbons (Fsp3) is 0.190. The molecule has 0 saturated carbocycles. The highest BCUT2D eigenvalue weighted by Crippen LogP contribution is 2.26. The molecule has 0 radical (unpaired) electrons. The van der Waals surface area contributed by atoms with E-state index in [2.05, 4.69) is 15.5 Å². The standard InChI is InChI=1S/C21H18ClF2N5O/c22-16-4-2-1-3-15(16)18-7-8-20(27-26-18)28-9-11-29(12-10-28)21(30)25-19-13-14(23)5-6-17(19)24/h1-8,13H,9-12H2,(H,25,30). The Morgan fingerprint density at radius 1 is 0.967 bits per heavy atom. The summed E-state index contributed by atoms with van der Waals surface area (Å²) in [4.78, 5) is 15.9. The number of urea groups is 1. The number of carbonyl (C=O) groups excluding carboxylic acids is 1. The van der Waals surface area contributed by atoms with E-state index in [1.54, 1.807) is 11.0 Å². The number of piperazine rings is 1. The van der Waals surface area contributed by atoms with Gasteiger partial charge in [0.1, 0.15) is 11.6 Å². The van der Waals surface area contributed by atoms with Crippen molar-refractivity contribution in [3.8, 4) is 11.3 Å². The molecule has 1 aliphatic heterocycles. The van der Waals surface area contributed by atoms with Crippen LogP contribution in [0.4, 0.5) is 25.1 Å². The molecule has 1 aliphatic rings. The Labute approximate surface area is 177 Å². The first-order valence-electron chi connectivity index (χ1n) is 9.36. The van der Waals surface area contributed by atoms with Crippen molar-refractivity contribution < 1.29 is 13.6 Å². The summed E-state index contributed by atoms with van der Waals surface area (Å²) in [5.41, 5.74) is 1.31. The minimum Gasteiger partial charge on any atom is -0.352 e. The Morgan fingerprint density at radius 3 is 2.43 bits per heavy atom. The van der Waals surface area contributed by atoms with Crippen LogP contribution >= 0.6 is 11.6 Å². The van der Waals surface area contributed by atoms with Gasteiger partial charge < -0.3 is 15.1 Å². The van der Waals surface area contributed by atoms with E-state index in [9.17, 15) is 13.6 Å². The number of anilines is 2. The van der Waals surface area contributed by atoms with Crippen LogP contribution in [0, 0.1) is 11.6 Å². The number of benzene rings is 2. The van der Waals surface area contributed by atoms with Crippen LogP contribution in [-0.4, -0.2) is 47.3 Å². The summed E-state index contributed by atoms with van der Waals surface area (Å²) in [6, 6.07) is 13.6. The number of aromatic nitrogens is 2. The van der Waals surface area contributed by atoms with E-state index in [0.29, 0.717) is 42.7 Å². The van der Waals surface area contributed by atoms with Gasteiger partial charge in [-0.05, 0) is 30.3 Å². The zero-order valence-corrected chi connectivity index (χ0v) is 16.6. The lowest BCUT2D eigenvalue weighted by atomic mass is 10.1. The molecular formula is C21H18ClF2N5O. The van der Waals surface area contributed by atoms with Crippen LogP contribution in [0.5, 0.6) is 0 Å². The van der Waals surface area contributed by atoms with E-state index in [4.69, 9.17) is 11.6 Å². The lowest BCUT2D eigenvalue weighted by molar-refractivity contribution is 0.208. The van der Waals surface area contributed by atoms with Crippen LogP contribution in [0.15, 0.2) is 54.6 Å². The Bertz CT molecular complexity index is 1060. The molecule has 2 amide bonds. The van der Waals surface area contributed by atoms with Crippen LogP contribution in [0.2, 0.25) is 5.02 Å². The van der Waals surface area contributed by atoms with Crippen molar-refractivity contribution in [3.63, 3.8) is 0 Å². The zero-order chi connectivity index (χ0) is 21.1. The smallest absolute Gasteiger partial charge is 0.322 e. The fourth-order valence-electron chi connectivity index (χ4n) is 3.23. The summed E-state index contributed by atoms with van der Waals surface area (Å²) in [6.45, 7) is 1.91. The first-order valence-corrected chi connectivity index (χ1v) is 9.73. The molecule has 1 aromatic heterocycles. The Hall–Kier alpha value is -3.26. The number of rotatable bonds is 3.